The molecule has 3 rings (SSSR count). The molecule has 26 heavy (non-hydrogen) atoms. The number of pyridine rings is 1. The quantitative estimate of drug-likeness (QED) is 0.915. The van der Waals surface area contributed by atoms with Crippen molar-refractivity contribution < 1.29 is 14.0 Å². The van der Waals surface area contributed by atoms with Gasteiger partial charge in [-0.3, -0.25) is 9.59 Å². The summed E-state index contributed by atoms with van der Waals surface area (Å²) in [4.78, 5) is 32.7. The fourth-order valence-corrected chi connectivity index (χ4v) is 2.66. The molecule has 0 spiro atoms. The summed E-state index contributed by atoms with van der Waals surface area (Å²) in [6.07, 6.45) is 3.17. The predicted molar refractivity (Wildman–Crippen MR) is 99.1 cm³/mol. The molecular weight excluding hydrogens is 332 g/mol. The number of nitrogens with one attached hydrogen (secondary N) is 1. The molecule has 0 radical (unpaired) electrons. The Hall–Kier alpha value is -2.83. The summed E-state index contributed by atoms with van der Waals surface area (Å²) in [6.45, 7) is 8.24. The van der Waals surface area contributed by atoms with E-state index in [1.165, 1.54) is 6.26 Å². The summed E-state index contributed by atoms with van der Waals surface area (Å²) in [5, 5.41) is 2.87. The fraction of sp³-hybridized carbons (Fsp3) is 0.421. The van der Waals surface area contributed by atoms with Crippen molar-refractivity contribution in [2.75, 3.05) is 36.4 Å². The van der Waals surface area contributed by atoms with E-state index in [4.69, 9.17) is 4.42 Å². The standard InChI is InChI=1S/C19H24N4O3/c1-19(2,3)18(25)21-14-6-7-16(20-13-14)22-8-10-23(11-9-22)17(24)15-5-4-12-26-15/h4-7,12-13H,8-11H2,1-3H3,(H,21,25). The molecule has 0 unspecified atom stereocenters. The van der Waals surface area contributed by atoms with Crippen molar-refractivity contribution in [3.63, 3.8) is 0 Å². The van der Waals surface area contributed by atoms with Crippen LogP contribution in [0.2, 0.25) is 0 Å². The summed E-state index contributed by atoms with van der Waals surface area (Å²) in [6, 6.07) is 7.14. The first-order valence-corrected chi connectivity index (χ1v) is 8.70. The lowest BCUT2D eigenvalue weighted by atomic mass is 9.96. The molecule has 3 heterocycles. The van der Waals surface area contributed by atoms with Crippen LogP contribution >= 0.6 is 0 Å². The zero-order chi connectivity index (χ0) is 18.7. The smallest absolute Gasteiger partial charge is 0.289 e. The molecule has 0 atom stereocenters. The van der Waals surface area contributed by atoms with Gasteiger partial charge in [0.25, 0.3) is 5.91 Å². The van der Waals surface area contributed by atoms with Gasteiger partial charge in [0.1, 0.15) is 5.82 Å². The minimum Gasteiger partial charge on any atom is -0.459 e. The highest BCUT2D eigenvalue weighted by molar-refractivity contribution is 5.94. The number of hydrogen-bond donors (Lipinski definition) is 1. The zero-order valence-corrected chi connectivity index (χ0v) is 15.4. The predicted octanol–water partition coefficient (Wildman–Crippen LogP) is 2.62. The maximum atomic E-state index is 12.3. The molecule has 1 N–H and O–H groups in total. The molecule has 0 saturated carbocycles. The van der Waals surface area contributed by atoms with Crippen molar-refractivity contribution in [2.24, 2.45) is 5.41 Å². The van der Waals surface area contributed by atoms with Gasteiger partial charge in [-0.15, -0.1) is 0 Å². The third-order valence-electron chi connectivity index (χ3n) is 4.31. The Kier molecular flexibility index (Phi) is 4.97. The monoisotopic (exact) mass is 356 g/mol. The lowest BCUT2D eigenvalue weighted by Crippen LogP contribution is -2.49. The van der Waals surface area contributed by atoms with Gasteiger partial charge in [-0.1, -0.05) is 20.8 Å². The Bertz CT molecular complexity index is 755. The normalized spacial score (nSPS) is 15.0. The van der Waals surface area contributed by atoms with Gasteiger partial charge in [0, 0.05) is 31.6 Å². The fourth-order valence-electron chi connectivity index (χ4n) is 2.66. The average Bonchev–Trinajstić information content (AvgIpc) is 3.16. The number of nitrogens with zero attached hydrogens (tertiary/aromatic N) is 3. The summed E-state index contributed by atoms with van der Waals surface area (Å²) in [7, 11) is 0. The van der Waals surface area contributed by atoms with Gasteiger partial charge in [-0.05, 0) is 24.3 Å². The number of amides is 2. The van der Waals surface area contributed by atoms with E-state index >= 15 is 0 Å². The highest BCUT2D eigenvalue weighted by Crippen LogP contribution is 2.20. The molecule has 1 fully saturated rings. The van der Waals surface area contributed by atoms with Crippen molar-refractivity contribution in [3.8, 4) is 0 Å². The van der Waals surface area contributed by atoms with Crippen molar-refractivity contribution >= 4 is 23.3 Å². The molecule has 2 aromatic rings. The molecule has 2 amide bonds. The van der Waals surface area contributed by atoms with Crippen LogP contribution in [0.3, 0.4) is 0 Å². The number of furan rings is 1. The maximum Gasteiger partial charge on any atom is 0.289 e. The van der Waals surface area contributed by atoms with Crippen LogP contribution in [0.1, 0.15) is 31.3 Å². The Balaban J connectivity index is 1.56. The second-order valence-electron chi connectivity index (χ2n) is 7.37. The summed E-state index contributed by atoms with van der Waals surface area (Å²) < 4.78 is 5.18. The summed E-state index contributed by atoms with van der Waals surface area (Å²) in [5.41, 5.74) is 0.232. The van der Waals surface area contributed by atoms with E-state index in [0.717, 1.165) is 5.82 Å². The van der Waals surface area contributed by atoms with Crippen LogP contribution in [0.25, 0.3) is 0 Å². The number of rotatable bonds is 3. The van der Waals surface area contributed by atoms with Crippen LogP contribution in [-0.2, 0) is 4.79 Å². The molecule has 7 nitrogen and oxygen atoms in total. The molecular formula is C19H24N4O3. The largest absolute Gasteiger partial charge is 0.459 e. The van der Waals surface area contributed by atoms with E-state index in [2.05, 4.69) is 15.2 Å². The number of aromatic nitrogens is 1. The molecule has 0 aliphatic carbocycles. The number of carbonyl (C=O) groups excluding carboxylic acids is 2. The van der Waals surface area contributed by atoms with Crippen LogP contribution in [0.5, 0.6) is 0 Å². The van der Waals surface area contributed by atoms with E-state index in [9.17, 15) is 9.59 Å². The SMILES string of the molecule is CC(C)(C)C(=O)Nc1ccc(N2CCN(C(=O)c3ccco3)CC2)nc1. The van der Waals surface area contributed by atoms with E-state index in [1.807, 2.05) is 32.9 Å². The zero-order valence-electron chi connectivity index (χ0n) is 15.4. The molecule has 138 valence electrons. The van der Waals surface area contributed by atoms with Gasteiger partial charge in [0.15, 0.2) is 5.76 Å². The third-order valence-corrected chi connectivity index (χ3v) is 4.31. The van der Waals surface area contributed by atoms with Crippen molar-refractivity contribution in [3.05, 3.63) is 42.5 Å². The van der Waals surface area contributed by atoms with Crippen LogP contribution < -0.4 is 10.2 Å². The van der Waals surface area contributed by atoms with E-state index in [0.29, 0.717) is 37.6 Å². The Morgan fingerprint density at radius 2 is 1.85 bits per heavy atom. The first-order valence-electron chi connectivity index (χ1n) is 8.70. The maximum absolute atomic E-state index is 12.3. The molecule has 2 aromatic heterocycles. The van der Waals surface area contributed by atoms with Crippen molar-refractivity contribution in [2.45, 2.75) is 20.8 Å². The molecule has 7 heteroatoms. The Labute approximate surface area is 153 Å². The molecule has 1 aliphatic heterocycles. The minimum absolute atomic E-state index is 0.0443. The first kappa shape index (κ1) is 18.0. The van der Waals surface area contributed by atoms with Gasteiger partial charge < -0.3 is 19.5 Å². The second-order valence-corrected chi connectivity index (χ2v) is 7.37. The van der Waals surface area contributed by atoms with Crippen molar-refractivity contribution in [1.82, 2.24) is 9.88 Å². The van der Waals surface area contributed by atoms with Gasteiger partial charge >= 0.3 is 0 Å². The first-order chi connectivity index (χ1) is 12.3. The van der Waals surface area contributed by atoms with E-state index in [1.54, 1.807) is 23.2 Å². The van der Waals surface area contributed by atoms with Gasteiger partial charge in [-0.25, -0.2) is 4.98 Å². The highest BCUT2D eigenvalue weighted by Gasteiger charge is 2.24. The molecule has 1 saturated heterocycles. The Morgan fingerprint density at radius 1 is 1.12 bits per heavy atom. The lowest BCUT2D eigenvalue weighted by molar-refractivity contribution is -0.123. The van der Waals surface area contributed by atoms with E-state index in [-0.39, 0.29) is 11.8 Å². The third kappa shape index (κ3) is 4.04. The number of piperazine rings is 1. The van der Waals surface area contributed by atoms with Crippen LogP contribution in [0, 0.1) is 5.41 Å². The van der Waals surface area contributed by atoms with Crippen LogP contribution in [-0.4, -0.2) is 47.9 Å². The molecule has 0 aromatic carbocycles. The average molecular weight is 356 g/mol. The number of carbonyl (C=O) groups is 2. The Morgan fingerprint density at radius 3 is 2.38 bits per heavy atom. The van der Waals surface area contributed by atoms with Crippen LogP contribution in [0.4, 0.5) is 11.5 Å². The molecule has 0 bridgehead atoms. The van der Waals surface area contributed by atoms with Gasteiger partial charge in [0.05, 0.1) is 18.1 Å². The summed E-state index contributed by atoms with van der Waals surface area (Å²) in [5.74, 6) is 1.08. The van der Waals surface area contributed by atoms with Gasteiger partial charge in [-0.2, -0.15) is 0 Å². The van der Waals surface area contributed by atoms with E-state index < -0.39 is 5.41 Å². The highest BCUT2D eigenvalue weighted by atomic mass is 16.3. The lowest BCUT2D eigenvalue weighted by Gasteiger charge is -2.35. The second kappa shape index (κ2) is 7.19. The van der Waals surface area contributed by atoms with Crippen molar-refractivity contribution in [1.29, 1.82) is 0 Å². The topological polar surface area (TPSA) is 78.7 Å². The minimum atomic E-state index is -0.449. The number of anilines is 2. The van der Waals surface area contributed by atoms with Gasteiger partial charge in [0.2, 0.25) is 5.91 Å². The summed E-state index contributed by atoms with van der Waals surface area (Å²) >= 11 is 0. The number of hydrogen-bond acceptors (Lipinski definition) is 5. The molecule has 1 aliphatic rings. The van der Waals surface area contributed by atoms with Crippen LogP contribution in [0.15, 0.2) is 41.1 Å².